The Morgan fingerprint density at radius 2 is 1.82 bits per heavy atom. The van der Waals surface area contributed by atoms with Crippen molar-refractivity contribution in [2.24, 2.45) is 15.9 Å². The van der Waals surface area contributed by atoms with Gasteiger partial charge in [0, 0.05) is 13.0 Å². The number of hydrogen-bond acceptors (Lipinski definition) is 8. The number of para-hydroxylation sites is 1. The van der Waals surface area contributed by atoms with Gasteiger partial charge in [-0.15, -0.1) is 0 Å². The number of halogens is 2. The largest absolute Gasteiger partial charge is 0.493 e. The quantitative estimate of drug-likeness (QED) is 0.212. The van der Waals surface area contributed by atoms with Crippen LogP contribution < -0.4 is 4.74 Å². The summed E-state index contributed by atoms with van der Waals surface area (Å²) >= 11 is 13.9. The molecule has 4 rings (SSSR count). The van der Waals surface area contributed by atoms with Crippen LogP contribution in [0.4, 0.5) is 0 Å². The minimum Gasteiger partial charge on any atom is -0.493 e. The normalized spacial score (nSPS) is 19.8. The first-order chi connectivity index (χ1) is 19.0. The van der Waals surface area contributed by atoms with E-state index in [0.29, 0.717) is 40.6 Å². The van der Waals surface area contributed by atoms with E-state index in [9.17, 15) is 4.79 Å². The molecule has 0 radical (unpaired) electrons. The van der Waals surface area contributed by atoms with Gasteiger partial charge in [-0.05, 0) is 62.0 Å². The van der Waals surface area contributed by atoms with Crippen molar-refractivity contribution < 1.29 is 19.0 Å². The van der Waals surface area contributed by atoms with Crippen molar-refractivity contribution in [1.82, 2.24) is 4.90 Å². The van der Waals surface area contributed by atoms with E-state index >= 15 is 0 Å². The van der Waals surface area contributed by atoms with Crippen LogP contribution in [0.3, 0.4) is 0 Å². The Balaban J connectivity index is 1.42. The summed E-state index contributed by atoms with van der Waals surface area (Å²) in [6.07, 6.45) is 6.23. The van der Waals surface area contributed by atoms with Crippen molar-refractivity contribution in [2.75, 3.05) is 52.3 Å². The molecule has 39 heavy (non-hydrogen) atoms. The van der Waals surface area contributed by atoms with Crippen LogP contribution in [0.15, 0.2) is 58.5 Å². The molecule has 1 saturated heterocycles. The molecule has 0 saturated carbocycles. The van der Waals surface area contributed by atoms with E-state index in [1.807, 2.05) is 42.7 Å². The highest BCUT2D eigenvalue weighted by atomic mass is 35.5. The van der Waals surface area contributed by atoms with Crippen molar-refractivity contribution in [2.45, 2.75) is 31.7 Å². The summed E-state index contributed by atoms with van der Waals surface area (Å²) < 4.78 is 17.5. The molecule has 2 aromatic carbocycles. The Bertz CT molecular complexity index is 1140. The first-order valence-electron chi connectivity index (χ1n) is 13.3. The number of benzene rings is 2. The summed E-state index contributed by atoms with van der Waals surface area (Å²) in [5, 5.41) is 1.43. The second-order valence-electron chi connectivity index (χ2n) is 9.45. The second kappa shape index (κ2) is 15.6. The van der Waals surface area contributed by atoms with E-state index in [1.54, 1.807) is 12.1 Å². The first-order valence-corrected chi connectivity index (χ1v) is 15.3. The van der Waals surface area contributed by atoms with Gasteiger partial charge in [-0.2, -0.15) is 0 Å². The van der Waals surface area contributed by atoms with Crippen LogP contribution in [0, 0.1) is 5.92 Å². The highest BCUT2D eigenvalue weighted by Crippen LogP contribution is 2.36. The maximum atomic E-state index is 13.5. The van der Waals surface area contributed by atoms with Gasteiger partial charge in [0.2, 0.25) is 0 Å². The summed E-state index contributed by atoms with van der Waals surface area (Å²) in [5.41, 5.74) is 1.38. The lowest BCUT2D eigenvalue weighted by atomic mass is 9.88. The van der Waals surface area contributed by atoms with Gasteiger partial charge in [0.15, 0.2) is 5.17 Å². The molecule has 2 aliphatic heterocycles. The predicted molar refractivity (Wildman–Crippen MR) is 160 cm³/mol. The number of carbonyl (C=O) groups excluding carboxylic acids is 1. The third-order valence-corrected chi connectivity index (χ3v) is 7.98. The average molecular weight is 593 g/mol. The van der Waals surface area contributed by atoms with Gasteiger partial charge in [0.05, 0.1) is 48.2 Å². The fraction of sp³-hybridized carbons (Fsp3) is 0.483. The first kappa shape index (κ1) is 29.9. The Morgan fingerprint density at radius 3 is 2.56 bits per heavy atom. The Morgan fingerprint density at radius 1 is 1.03 bits per heavy atom. The van der Waals surface area contributed by atoms with Crippen LogP contribution in [-0.2, 0) is 14.3 Å². The molecule has 7 nitrogen and oxygen atoms in total. The van der Waals surface area contributed by atoms with E-state index in [-0.39, 0.29) is 13.2 Å². The van der Waals surface area contributed by atoms with Gasteiger partial charge < -0.3 is 19.1 Å². The summed E-state index contributed by atoms with van der Waals surface area (Å²) in [5.74, 6) is -0.345. The summed E-state index contributed by atoms with van der Waals surface area (Å²) in [6.45, 7) is 4.53. The zero-order valence-corrected chi connectivity index (χ0v) is 24.5. The standard InChI is InChI=1S/C29H35Cl2N3O4S/c1-39-29-32-25(20-36-18-15-34-13-6-3-7-14-34)26(27(33-29)21-11-12-23(30)24(31)19-21)28(35)38-17-8-16-37-22-9-4-2-5-10-22/h2,4-5,9-12,19,26-27H,3,6-8,13-18,20H2,1H3. The Hall–Kier alpha value is -2.10. The van der Waals surface area contributed by atoms with Crippen LogP contribution in [-0.4, -0.2) is 74.1 Å². The average Bonchev–Trinajstić information content (AvgIpc) is 2.97. The number of aliphatic imine (C=N–C) groups is 2. The molecule has 2 aliphatic rings. The van der Waals surface area contributed by atoms with E-state index in [0.717, 1.165) is 30.9 Å². The number of thioether (sulfide) groups is 1. The summed E-state index contributed by atoms with van der Waals surface area (Å²) in [4.78, 5) is 25.4. The highest BCUT2D eigenvalue weighted by molar-refractivity contribution is 8.13. The highest BCUT2D eigenvalue weighted by Gasteiger charge is 2.38. The molecule has 2 aromatic rings. The van der Waals surface area contributed by atoms with E-state index < -0.39 is 17.9 Å². The number of rotatable bonds is 12. The van der Waals surface area contributed by atoms with Gasteiger partial charge in [0.1, 0.15) is 11.7 Å². The molecule has 10 heteroatoms. The predicted octanol–water partition coefficient (Wildman–Crippen LogP) is 6.34. The molecule has 2 heterocycles. The van der Waals surface area contributed by atoms with Crippen molar-refractivity contribution in [3.63, 3.8) is 0 Å². The van der Waals surface area contributed by atoms with Crippen molar-refractivity contribution >= 4 is 51.8 Å². The molecule has 0 amide bonds. The minimum atomic E-state index is -0.733. The molecule has 1 fully saturated rings. The maximum absolute atomic E-state index is 13.5. The molecule has 0 aromatic heterocycles. The van der Waals surface area contributed by atoms with Crippen LogP contribution >= 0.6 is 35.0 Å². The number of piperidine rings is 1. The minimum absolute atomic E-state index is 0.221. The van der Waals surface area contributed by atoms with Gasteiger partial charge in [-0.25, -0.2) is 4.99 Å². The molecule has 0 N–H and O–H groups in total. The molecular weight excluding hydrogens is 557 g/mol. The van der Waals surface area contributed by atoms with Crippen LogP contribution in [0.5, 0.6) is 5.75 Å². The van der Waals surface area contributed by atoms with Gasteiger partial charge in [-0.3, -0.25) is 9.79 Å². The van der Waals surface area contributed by atoms with E-state index in [4.69, 9.17) is 47.4 Å². The molecule has 2 atom stereocenters. The number of esters is 1. The summed E-state index contributed by atoms with van der Waals surface area (Å²) in [7, 11) is 0. The number of hydrogen-bond donors (Lipinski definition) is 0. The van der Waals surface area contributed by atoms with Crippen molar-refractivity contribution in [1.29, 1.82) is 0 Å². The molecule has 0 aliphatic carbocycles. The molecular formula is C29H35Cl2N3O4S. The lowest BCUT2D eigenvalue weighted by molar-refractivity contribution is -0.147. The van der Waals surface area contributed by atoms with Gasteiger partial charge in [0.25, 0.3) is 0 Å². The van der Waals surface area contributed by atoms with Crippen molar-refractivity contribution in [3.8, 4) is 5.75 Å². The molecule has 2 unspecified atom stereocenters. The van der Waals surface area contributed by atoms with Crippen molar-refractivity contribution in [3.05, 3.63) is 64.1 Å². The fourth-order valence-corrected chi connectivity index (χ4v) is 5.36. The summed E-state index contributed by atoms with van der Waals surface area (Å²) in [6, 6.07) is 14.3. The third-order valence-electron chi connectivity index (χ3n) is 6.68. The second-order valence-corrected chi connectivity index (χ2v) is 11.0. The maximum Gasteiger partial charge on any atom is 0.317 e. The van der Waals surface area contributed by atoms with E-state index in [2.05, 4.69) is 4.90 Å². The SMILES string of the molecule is CSC1=NC(c2ccc(Cl)c(Cl)c2)C(C(=O)OCCCOc2ccccc2)C(COCCN2CCCCC2)=N1. The number of amidine groups is 1. The van der Waals surface area contributed by atoms with Gasteiger partial charge in [-0.1, -0.05) is 65.7 Å². The molecule has 210 valence electrons. The zero-order chi connectivity index (χ0) is 27.5. The topological polar surface area (TPSA) is 72.7 Å². The van der Waals surface area contributed by atoms with Crippen LogP contribution in [0.1, 0.15) is 37.3 Å². The number of nitrogens with zero attached hydrogens (tertiary/aromatic N) is 3. The monoisotopic (exact) mass is 591 g/mol. The number of carbonyl (C=O) groups is 1. The Kier molecular flexibility index (Phi) is 12.0. The fourth-order valence-electron chi connectivity index (χ4n) is 4.63. The lowest BCUT2D eigenvalue weighted by Gasteiger charge is -2.29. The smallest absolute Gasteiger partial charge is 0.317 e. The Labute approximate surface area is 244 Å². The van der Waals surface area contributed by atoms with Crippen LogP contribution in [0.25, 0.3) is 0 Å². The van der Waals surface area contributed by atoms with Crippen LogP contribution in [0.2, 0.25) is 10.0 Å². The van der Waals surface area contributed by atoms with Gasteiger partial charge >= 0.3 is 5.97 Å². The lowest BCUT2D eigenvalue weighted by Crippen LogP contribution is -2.38. The van der Waals surface area contributed by atoms with E-state index in [1.165, 1.54) is 31.0 Å². The number of likely N-dealkylation sites (tertiary alicyclic amines) is 1. The number of ether oxygens (including phenoxy) is 3. The molecule has 0 spiro atoms. The zero-order valence-electron chi connectivity index (χ0n) is 22.2. The molecule has 0 bridgehead atoms. The third kappa shape index (κ3) is 8.95.